The van der Waals surface area contributed by atoms with Gasteiger partial charge in [-0.05, 0) is 122 Å². The molecule has 0 rings (SSSR count). The van der Waals surface area contributed by atoms with Gasteiger partial charge in [0.15, 0.2) is 6.10 Å². The number of aliphatic hydroxyl groups is 1. The Morgan fingerprint density at radius 3 is 0.793 bits per heavy atom. The number of hydrogen-bond donors (Lipinski definition) is 1. The molecule has 0 radical (unpaired) electrons. The Kier molecular flexibility index (Phi) is 67.4. The topological polar surface area (TPSA) is 72.8 Å². The first-order chi connectivity index (χ1) is 40.6. The van der Waals surface area contributed by atoms with E-state index in [9.17, 15) is 14.7 Å². The van der Waals surface area contributed by atoms with Gasteiger partial charge in [0.25, 0.3) is 0 Å². The van der Waals surface area contributed by atoms with Crippen molar-refractivity contribution in [3.8, 4) is 0 Å². The maximum Gasteiger partial charge on any atom is 0.306 e. The average Bonchev–Trinajstić information content (AvgIpc) is 3.49. The number of unbranched alkanes of at least 4 members (excludes halogenated alkanes) is 30. The van der Waals surface area contributed by atoms with Crippen LogP contribution in [-0.4, -0.2) is 36.4 Å². The number of carbonyl (C=O) groups excluding carboxylic acids is 2. The molecule has 5 heteroatoms. The highest BCUT2D eigenvalue weighted by Crippen LogP contribution is 2.16. The molecule has 0 spiro atoms. The molecule has 1 N–H and O–H groups in total. The van der Waals surface area contributed by atoms with E-state index < -0.39 is 6.10 Å². The van der Waals surface area contributed by atoms with Gasteiger partial charge in [0.1, 0.15) is 6.61 Å². The zero-order chi connectivity index (χ0) is 59.1. The Balaban J connectivity index is 3.55. The number of hydrogen-bond acceptors (Lipinski definition) is 5. The molecule has 1 unspecified atom stereocenters. The molecule has 0 bridgehead atoms. The normalized spacial score (nSPS) is 13.2. The van der Waals surface area contributed by atoms with Crippen LogP contribution in [0, 0.1) is 0 Å². The highest BCUT2D eigenvalue weighted by atomic mass is 16.6. The van der Waals surface area contributed by atoms with Crippen LogP contribution in [0.25, 0.3) is 0 Å². The van der Waals surface area contributed by atoms with Gasteiger partial charge in [0, 0.05) is 12.8 Å². The molecule has 0 aromatic rings. The lowest BCUT2D eigenvalue weighted by Gasteiger charge is -2.15. The molecule has 0 amide bonds. The van der Waals surface area contributed by atoms with Crippen molar-refractivity contribution in [2.45, 2.75) is 315 Å². The molecule has 0 heterocycles. The minimum absolute atomic E-state index is 0.0746. The predicted octanol–water partition coefficient (Wildman–Crippen LogP) is 24.1. The third-order valence-corrected chi connectivity index (χ3v) is 14.6. The first-order valence-corrected chi connectivity index (χ1v) is 34.4. The molecule has 1 atom stereocenters. The maximum absolute atomic E-state index is 12.4. The van der Waals surface area contributed by atoms with Gasteiger partial charge in [-0.25, -0.2) is 0 Å². The molecule has 0 aromatic carbocycles. The van der Waals surface area contributed by atoms with E-state index in [0.717, 1.165) is 116 Å². The molecule has 0 aliphatic rings. The van der Waals surface area contributed by atoms with Crippen LogP contribution in [0.15, 0.2) is 146 Å². The summed E-state index contributed by atoms with van der Waals surface area (Å²) >= 11 is 0. The Hall–Kier alpha value is -4.22. The van der Waals surface area contributed by atoms with E-state index in [1.54, 1.807) is 0 Å². The quantitative estimate of drug-likeness (QED) is 0.0373. The summed E-state index contributed by atoms with van der Waals surface area (Å²) in [5, 5.41) is 9.70. The number of aliphatic hydroxyl groups excluding tert-OH is 1. The van der Waals surface area contributed by atoms with Crippen molar-refractivity contribution in [3.05, 3.63) is 146 Å². The maximum atomic E-state index is 12.4. The Morgan fingerprint density at radius 1 is 0.293 bits per heavy atom. The van der Waals surface area contributed by atoms with Crippen LogP contribution in [0.2, 0.25) is 0 Å². The van der Waals surface area contributed by atoms with E-state index in [2.05, 4.69) is 160 Å². The molecule has 0 saturated carbocycles. The van der Waals surface area contributed by atoms with Crippen LogP contribution in [0.5, 0.6) is 0 Å². The van der Waals surface area contributed by atoms with Gasteiger partial charge in [-0.1, -0.05) is 320 Å². The molecule has 0 aromatic heterocycles. The smallest absolute Gasteiger partial charge is 0.306 e. The first kappa shape index (κ1) is 77.8. The molecular weight excluding hydrogens is 1000 g/mol. The van der Waals surface area contributed by atoms with Gasteiger partial charge >= 0.3 is 11.9 Å². The Morgan fingerprint density at radius 2 is 0.524 bits per heavy atom. The van der Waals surface area contributed by atoms with E-state index in [4.69, 9.17) is 9.47 Å². The molecule has 0 aliphatic heterocycles. The van der Waals surface area contributed by atoms with Gasteiger partial charge in [0.2, 0.25) is 0 Å². The Bertz CT molecular complexity index is 1710. The fraction of sp³-hybridized carbons (Fsp3) is 0.662. The minimum atomic E-state index is -0.787. The standard InChI is InChI=1S/C77H128O5/c1-3-5-7-9-11-13-15-17-19-21-23-25-27-29-31-33-34-35-36-37-38-39-40-41-42-44-46-48-50-52-54-56-58-60-62-64-66-68-70-72-77(80)82-75(73-78)74-81-76(79)71-69-67-65-63-61-59-57-55-53-51-49-47-45-43-32-30-28-26-24-22-20-18-16-14-12-10-8-6-4-2/h5,7,11,13,16-19,22-25,29,31,34-35,37-38,40-41,44,46,50,52,75,78H,3-4,6,8-10,12,14-15,20-21,26-28,30,32-33,36,39,42-43,45,47-49,51,53-74H2,1-2H3/b7-5-,13-11-,18-16-,19-17-,24-22-,25-23-,31-29-,35-34-,38-37-,41-40-,46-44-,52-50-. The lowest BCUT2D eigenvalue weighted by atomic mass is 10.0. The first-order valence-electron chi connectivity index (χ1n) is 34.4. The second-order valence-electron chi connectivity index (χ2n) is 22.5. The van der Waals surface area contributed by atoms with Crippen molar-refractivity contribution < 1.29 is 24.2 Å². The lowest BCUT2D eigenvalue weighted by Crippen LogP contribution is -2.28. The second kappa shape index (κ2) is 71.0. The van der Waals surface area contributed by atoms with Crippen molar-refractivity contribution in [2.75, 3.05) is 13.2 Å². The fourth-order valence-electron chi connectivity index (χ4n) is 9.50. The fourth-order valence-corrected chi connectivity index (χ4v) is 9.50. The molecule has 466 valence electrons. The van der Waals surface area contributed by atoms with Gasteiger partial charge < -0.3 is 14.6 Å². The zero-order valence-electron chi connectivity index (χ0n) is 53.5. The van der Waals surface area contributed by atoms with Crippen LogP contribution in [0.4, 0.5) is 0 Å². The third kappa shape index (κ3) is 68.3. The van der Waals surface area contributed by atoms with Gasteiger partial charge in [-0.2, -0.15) is 0 Å². The van der Waals surface area contributed by atoms with Crippen molar-refractivity contribution in [1.29, 1.82) is 0 Å². The SMILES string of the molecule is CC/C=C\C/C=C\C/C=C\C/C=C\C/C=C\C/C=C\C/C=C\C/C=C\C/C=C\C/C=C\CCCCCCCCCCC(=O)OC(CO)COC(=O)CCCCCCCCCCCCCCCCCCC/C=C\C/C=C\CCCCCCC. The van der Waals surface area contributed by atoms with Gasteiger partial charge in [-0.3, -0.25) is 9.59 Å². The summed E-state index contributed by atoms with van der Waals surface area (Å²) in [5.74, 6) is -0.598. The van der Waals surface area contributed by atoms with Gasteiger partial charge in [0.05, 0.1) is 6.61 Å². The van der Waals surface area contributed by atoms with Crippen molar-refractivity contribution >= 4 is 11.9 Å². The van der Waals surface area contributed by atoms with Crippen molar-refractivity contribution in [1.82, 2.24) is 0 Å². The molecular formula is C77H128O5. The molecule has 0 aliphatic carbocycles. The predicted molar refractivity (Wildman–Crippen MR) is 361 cm³/mol. The summed E-state index contributed by atoms with van der Waals surface area (Å²) in [6, 6.07) is 0. The van der Waals surface area contributed by atoms with Crippen LogP contribution < -0.4 is 0 Å². The van der Waals surface area contributed by atoms with E-state index >= 15 is 0 Å². The monoisotopic (exact) mass is 1130 g/mol. The molecule has 0 saturated heterocycles. The summed E-state index contributed by atoms with van der Waals surface area (Å²) in [4.78, 5) is 24.6. The van der Waals surface area contributed by atoms with E-state index in [1.165, 1.54) is 167 Å². The van der Waals surface area contributed by atoms with Crippen LogP contribution in [0.3, 0.4) is 0 Å². The Labute approximate surface area is 508 Å². The zero-order valence-corrected chi connectivity index (χ0v) is 53.5. The van der Waals surface area contributed by atoms with Crippen LogP contribution >= 0.6 is 0 Å². The number of allylic oxidation sites excluding steroid dienone is 24. The van der Waals surface area contributed by atoms with Crippen molar-refractivity contribution in [3.63, 3.8) is 0 Å². The highest BCUT2D eigenvalue weighted by molar-refractivity contribution is 5.70. The number of esters is 2. The molecule has 0 fully saturated rings. The molecule has 82 heavy (non-hydrogen) atoms. The second-order valence-corrected chi connectivity index (χ2v) is 22.5. The summed E-state index contributed by atoms with van der Waals surface area (Å²) in [6.45, 7) is 4.03. The summed E-state index contributed by atoms with van der Waals surface area (Å²) < 4.78 is 10.7. The summed E-state index contributed by atoms with van der Waals surface area (Å²) in [7, 11) is 0. The van der Waals surface area contributed by atoms with E-state index in [0.29, 0.717) is 12.8 Å². The summed E-state index contributed by atoms with van der Waals surface area (Å²) in [5.41, 5.74) is 0. The lowest BCUT2D eigenvalue weighted by molar-refractivity contribution is -0.161. The average molecular weight is 1130 g/mol. The minimum Gasteiger partial charge on any atom is -0.462 e. The molecule has 5 nitrogen and oxygen atoms in total. The number of rotatable bonds is 62. The van der Waals surface area contributed by atoms with Crippen molar-refractivity contribution in [2.24, 2.45) is 0 Å². The third-order valence-electron chi connectivity index (χ3n) is 14.6. The van der Waals surface area contributed by atoms with E-state index in [-0.39, 0.29) is 25.2 Å². The van der Waals surface area contributed by atoms with Gasteiger partial charge in [-0.15, -0.1) is 0 Å². The highest BCUT2D eigenvalue weighted by Gasteiger charge is 2.16. The summed E-state index contributed by atoms with van der Waals surface area (Å²) in [6.07, 6.45) is 107. The van der Waals surface area contributed by atoms with Crippen LogP contribution in [0.1, 0.15) is 309 Å². The van der Waals surface area contributed by atoms with E-state index in [1.807, 2.05) is 0 Å². The largest absolute Gasteiger partial charge is 0.462 e. The van der Waals surface area contributed by atoms with Crippen LogP contribution in [-0.2, 0) is 19.1 Å². The number of ether oxygens (including phenoxy) is 2. The number of carbonyl (C=O) groups is 2.